The van der Waals surface area contributed by atoms with E-state index >= 15 is 0 Å². The predicted molar refractivity (Wildman–Crippen MR) is 112 cm³/mol. The molecule has 0 saturated carbocycles. The van der Waals surface area contributed by atoms with Gasteiger partial charge in [-0.05, 0) is 62.1 Å². The summed E-state index contributed by atoms with van der Waals surface area (Å²) in [6.07, 6.45) is 0.772. The summed E-state index contributed by atoms with van der Waals surface area (Å²) < 4.78 is 10.8. The third kappa shape index (κ3) is 6.81. The van der Waals surface area contributed by atoms with Gasteiger partial charge in [-0.2, -0.15) is 0 Å². The molecule has 2 rings (SSSR count). The zero-order valence-corrected chi connectivity index (χ0v) is 17.4. The molecule has 4 N–H and O–H groups in total. The van der Waals surface area contributed by atoms with Gasteiger partial charge in [-0.3, -0.25) is 4.79 Å². The molecule has 0 aliphatic heterocycles. The number of aliphatic hydroxyl groups excluding tert-OH is 2. The minimum Gasteiger partial charge on any atom is -0.507 e. The Balaban J connectivity index is 2.10. The molecule has 2 atom stereocenters. The van der Waals surface area contributed by atoms with Gasteiger partial charge in [0.05, 0.1) is 49.8 Å². The Kier molecular flexibility index (Phi) is 9.26. The number of ketones is 1. The van der Waals surface area contributed by atoms with E-state index in [1.807, 2.05) is 13.8 Å². The number of phenolic OH excluding ortho intramolecular Hbond substituents is 2. The lowest BCUT2D eigenvalue weighted by atomic mass is 9.97. The van der Waals surface area contributed by atoms with Gasteiger partial charge in [0.2, 0.25) is 0 Å². The SMILES string of the molecule is CC(Cc1ccc(C(=O)c2ccc(CC(C)OCCO)cc2O)c(O)c1)OCCO. The molecule has 2 unspecified atom stereocenters. The molecule has 0 bridgehead atoms. The highest BCUT2D eigenvalue weighted by atomic mass is 16.5. The first kappa shape index (κ1) is 23.8. The fourth-order valence-corrected chi connectivity index (χ4v) is 3.23. The molecule has 0 spiro atoms. The van der Waals surface area contributed by atoms with Crippen molar-refractivity contribution in [3.05, 3.63) is 58.7 Å². The number of phenols is 2. The Morgan fingerprint density at radius 1 is 0.800 bits per heavy atom. The molecule has 0 saturated heterocycles. The zero-order valence-electron chi connectivity index (χ0n) is 17.4. The van der Waals surface area contributed by atoms with Crippen molar-refractivity contribution < 1.29 is 34.7 Å². The number of aliphatic hydroxyl groups is 2. The van der Waals surface area contributed by atoms with Gasteiger partial charge in [0.15, 0.2) is 5.78 Å². The van der Waals surface area contributed by atoms with Gasteiger partial charge < -0.3 is 29.9 Å². The van der Waals surface area contributed by atoms with E-state index < -0.39 is 5.78 Å². The Hall–Kier alpha value is -2.45. The number of hydrogen-bond acceptors (Lipinski definition) is 7. The maximum absolute atomic E-state index is 12.8. The monoisotopic (exact) mass is 418 g/mol. The average Bonchev–Trinajstić information content (AvgIpc) is 2.70. The van der Waals surface area contributed by atoms with Crippen molar-refractivity contribution in [2.75, 3.05) is 26.4 Å². The van der Waals surface area contributed by atoms with Crippen LogP contribution < -0.4 is 0 Å². The first-order valence-corrected chi connectivity index (χ1v) is 9.99. The molecule has 0 amide bonds. The summed E-state index contributed by atoms with van der Waals surface area (Å²) in [6.45, 7) is 4.10. The predicted octanol–water partition coefficient (Wildman–Crippen LogP) is 2.21. The lowest BCUT2D eigenvalue weighted by molar-refractivity contribution is 0.0395. The van der Waals surface area contributed by atoms with Crippen LogP contribution in [0.2, 0.25) is 0 Å². The fourth-order valence-electron chi connectivity index (χ4n) is 3.23. The number of benzene rings is 2. The van der Waals surface area contributed by atoms with Crippen LogP contribution in [0.25, 0.3) is 0 Å². The summed E-state index contributed by atoms with van der Waals surface area (Å²) >= 11 is 0. The fraction of sp³-hybridized carbons (Fsp3) is 0.435. The third-order valence-corrected chi connectivity index (χ3v) is 4.65. The quantitative estimate of drug-likeness (QED) is 0.391. The van der Waals surface area contributed by atoms with E-state index in [0.29, 0.717) is 12.8 Å². The van der Waals surface area contributed by atoms with Crippen molar-refractivity contribution in [1.29, 1.82) is 0 Å². The number of rotatable bonds is 12. The standard InChI is InChI=1S/C23H30O7/c1-15(29-9-7-24)11-17-3-5-19(21(26)13-17)23(28)20-6-4-18(14-22(20)27)12-16(2)30-10-8-25/h3-6,13-16,24-27H,7-12H2,1-2H3. The molecular formula is C23H30O7. The van der Waals surface area contributed by atoms with E-state index in [1.165, 1.54) is 24.3 Å². The topological polar surface area (TPSA) is 116 Å². The molecule has 0 radical (unpaired) electrons. The smallest absolute Gasteiger partial charge is 0.200 e. The molecule has 2 aromatic rings. The first-order chi connectivity index (χ1) is 14.3. The Bertz CT molecular complexity index is 767. The van der Waals surface area contributed by atoms with E-state index in [2.05, 4.69) is 0 Å². The second-order valence-corrected chi connectivity index (χ2v) is 7.25. The van der Waals surface area contributed by atoms with Gasteiger partial charge in [-0.15, -0.1) is 0 Å². The van der Waals surface area contributed by atoms with Crippen LogP contribution in [0.4, 0.5) is 0 Å². The molecule has 2 aromatic carbocycles. The van der Waals surface area contributed by atoms with E-state index in [1.54, 1.807) is 12.1 Å². The highest BCUT2D eigenvalue weighted by Crippen LogP contribution is 2.28. The second-order valence-electron chi connectivity index (χ2n) is 7.25. The number of hydrogen-bond donors (Lipinski definition) is 4. The maximum atomic E-state index is 12.8. The summed E-state index contributed by atoms with van der Waals surface area (Å²) in [4.78, 5) is 12.8. The molecule has 0 aromatic heterocycles. The summed E-state index contributed by atoms with van der Waals surface area (Å²) in [5.41, 5.74) is 1.80. The van der Waals surface area contributed by atoms with Crippen LogP contribution in [0.5, 0.6) is 11.5 Å². The summed E-state index contributed by atoms with van der Waals surface area (Å²) in [7, 11) is 0. The van der Waals surface area contributed by atoms with Crippen molar-refractivity contribution >= 4 is 5.78 Å². The minimum atomic E-state index is -0.475. The van der Waals surface area contributed by atoms with Crippen LogP contribution in [0, 0.1) is 0 Å². The molecule has 164 valence electrons. The lowest BCUT2D eigenvalue weighted by Crippen LogP contribution is -2.14. The van der Waals surface area contributed by atoms with Crippen LogP contribution in [0.1, 0.15) is 40.9 Å². The molecule has 0 heterocycles. The Morgan fingerprint density at radius 3 is 1.53 bits per heavy atom. The normalized spacial score (nSPS) is 13.2. The Morgan fingerprint density at radius 2 is 1.20 bits per heavy atom. The minimum absolute atomic E-state index is 0.0556. The van der Waals surface area contributed by atoms with Gasteiger partial charge in [0, 0.05) is 0 Å². The van der Waals surface area contributed by atoms with E-state index in [4.69, 9.17) is 19.7 Å². The van der Waals surface area contributed by atoms with Crippen molar-refractivity contribution in [1.82, 2.24) is 0 Å². The van der Waals surface area contributed by atoms with Gasteiger partial charge in [0.1, 0.15) is 11.5 Å². The molecule has 30 heavy (non-hydrogen) atoms. The van der Waals surface area contributed by atoms with Gasteiger partial charge in [-0.1, -0.05) is 12.1 Å². The summed E-state index contributed by atoms with van der Waals surface area (Å²) in [5.74, 6) is -0.806. The summed E-state index contributed by atoms with van der Waals surface area (Å²) in [5, 5.41) is 38.3. The highest BCUT2D eigenvalue weighted by Gasteiger charge is 2.19. The Labute approximate surface area is 176 Å². The van der Waals surface area contributed by atoms with Crippen LogP contribution in [-0.2, 0) is 22.3 Å². The van der Waals surface area contributed by atoms with Gasteiger partial charge >= 0.3 is 0 Å². The molecule has 7 heteroatoms. The van der Waals surface area contributed by atoms with Gasteiger partial charge in [-0.25, -0.2) is 0 Å². The maximum Gasteiger partial charge on any atom is 0.200 e. The average molecular weight is 418 g/mol. The van der Waals surface area contributed by atoms with Gasteiger partial charge in [0.25, 0.3) is 0 Å². The highest BCUT2D eigenvalue weighted by molar-refractivity contribution is 6.12. The zero-order chi connectivity index (χ0) is 22.1. The molecule has 0 aliphatic carbocycles. The number of aromatic hydroxyl groups is 2. The lowest BCUT2D eigenvalue weighted by Gasteiger charge is -2.14. The van der Waals surface area contributed by atoms with Crippen molar-refractivity contribution in [3.63, 3.8) is 0 Å². The van der Waals surface area contributed by atoms with Crippen LogP contribution >= 0.6 is 0 Å². The third-order valence-electron chi connectivity index (χ3n) is 4.65. The van der Waals surface area contributed by atoms with E-state index in [-0.39, 0.29) is 61.3 Å². The molecule has 7 nitrogen and oxygen atoms in total. The van der Waals surface area contributed by atoms with E-state index in [9.17, 15) is 15.0 Å². The summed E-state index contributed by atoms with van der Waals surface area (Å²) in [6, 6.07) is 9.55. The molecular weight excluding hydrogens is 388 g/mol. The van der Waals surface area contributed by atoms with E-state index in [0.717, 1.165) is 11.1 Å². The van der Waals surface area contributed by atoms with Crippen molar-refractivity contribution in [2.45, 2.75) is 38.9 Å². The van der Waals surface area contributed by atoms with Crippen LogP contribution in [0.3, 0.4) is 0 Å². The number of carbonyl (C=O) groups excluding carboxylic acids is 1. The molecule has 0 aliphatic rings. The van der Waals surface area contributed by atoms with Crippen LogP contribution in [0.15, 0.2) is 36.4 Å². The number of ether oxygens (including phenoxy) is 2. The van der Waals surface area contributed by atoms with Crippen LogP contribution in [-0.4, -0.2) is 64.8 Å². The number of carbonyl (C=O) groups is 1. The van der Waals surface area contributed by atoms with Crippen molar-refractivity contribution in [2.24, 2.45) is 0 Å². The van der Waals surface area contributed by atoms with Crippen molar-refractivity contribution in [3.8, 4) is 11.5 Å². The largest absolute Gasteiger partial charge is 0.507 e. The molecule has 0 fully saturated rings. The first-order valence-electron chi connectivity index (χ1n) is 9.99. The second kappa shape index (κ2) is 11.7.